The van der Waals surface area contributed by atoms with Crippen LogP contribution in [0.15, 0.2) is 24.4 Å². The molecule has 0 saturated heterocycles. The largest absolute Gasteiger partial charge is 0.496 e. The number of aromatic nitrogens is 1. The number of methoxy groups -OCH3 is 1. The molecule has 0 amide bonds. The molecule has 1 aromatic heterocycles. The van der Waals surface area contributed by atoms with Crippen molar-refractivity contribution in [2.75, 3.05) is 7.11 Å². The van der Waals surface area contributed by atoms with Crippen LogP contribution in [0.3, 0.4) is 0 Å². The van der Waals surface area contributed by atoms with E-state index in [0.29, 0.717) is 11.1 Å². The quantitative estimate of drug-likeness (QED) is 0.697. The van der Waals surface area contributed by atoms with Crippen LogP contribution in [0.25, 0.3) is 10.9 Å². The summed E-state index contributed by atoms with van der Waals surface area (Å²) in [5.74, 6) is -0.909. The minimum absolute atomic E-state index is 0.116. The van der Waals surface area contributed by atoms with Crippen LogP contribution >= 0.6 is 0 Å². The predicted molar refractivity (Wildman–Crippen MR) is 48.2 cm³/mol. The Morgan fingerprint density at radius 1 is 1.29 bits per heavy atom. The Morgan fingerprint density at radius 2 is 2.07 bits per heavy atom. The molecule has 0 aliphatic rings. The monoisotopic (exact) mass is 195 g/mol. The fourth-order valence-electron chi connectivity index (χ4n) is 1.33. The maximum Gasteiger partial charge on any atom is 0.152 e. The summed E-state index contributed by atoms with van der Waals surface area (Å²) in [5.41, 5.74) is 0.116. The van der Waals surface area contributed by atoms with Gasteiger partial charge in [-0.25, -0.2) is 8.78 Å². The average Bonchev–Trinajstić information content (AvgIpc) is 2.17. The summed E-state index contributed by atoms with van der Waals surface area (Å²) in [4.78, 5) is 3.81. The molecule has 0 unspecified atom stereocenters. The van der Waals surface area contributed by atoms with Crippen LogP contribution in [-0.4, -0.2) is 12.1 Å². The Labute approximate surface area is 79.1 Å². The molecule has 4 heteroatoms. The second kappa shape index (κ2) is 3.21. The summed E-state index contributed by atoms with van der Waals surface area (Å²) in [6.45, 7) is 0. The number of nitrogens with zero attached hydrogens (tertiary/aromatic N) is 1. The maximum atomic E-state index is 13.2. The summed E-state index contributed by atoms with van der Waals surface area (Å²) >= 11 is 0. The first-order valence-electron chi connectivity index (χ1n) is 4.00. The van der Waals surface area contributed by atoms with E-state index in [2.05, 4.69) is 4.98 Å². The van der Waals surface area contributed by atoms with Crippen LogP contribution in [0.5, 0.6) is 5.75 Å². The Bertz CT molecular complexity index is 485. The van der Waals surface area contributed by atoms with E-state index in [1.54, 1.807) is 6.07 Å². The molecule has 0 saturated carbocycles. The van der Waals surface area contributed by atoms with E-state index in [0.717, 1.165) is 6.07 Å². The van der Waals surface area contributed by atoms with Gasteiger partial charge in [-0.05, 0) is 12.1 Å². The molecule has 2 nitrogen and oxygen atoms in total. The highest BCUT2D eigenvalue weighted by Crippen LogP contribution is 2.26. The average molecular weight is 195 g/mol. The van der Waals surface area contributed by atoms with Gasteiger partial charge in [0.15, 0.2) is 5.82 Å². The summed E-state index contributed by atoms with van der Waals surface area (Å²) < 4.78 is 31.1. The van der Waals surface area contributed by atoms with Gasteiger partial charge >= 0.3 is 0 Å². The zero-order chi connectivity index (χ0) is 10.1. The summed E-state index contributed by atoms with van der Waals surface area (Å²) in [6.07, 6.45) is 1.42. The topological polar surface area (TPSA) is 22.1 Å². The molecule has 1 aromatic carbocycles. The SMILES string of the molecule is COc1ccnc2c(F)cc(F)cc12. The molecule has 0 N–H and O–H groups in total. The third kappa shape index (κ3) is 1.28. The van der Waals surface area contributed by atoms with Crippen molar-refractivity contribution >= 4 is 10.9 Å². The number of rotatable bonds is 1. The Morgan fingerprint density at radius 3 is 2.79 bits per heavy atom. The maximum absolute atomic E-state index is 13.2. The lowest BCUT2D eigenvalue weighted by atomic mass is 10.2. The minimum Gasteiger partial charge on any atom is -0.496 e. The van der Waals surface area contributed by atoms with E-state index in [9.17, 15) is 8.78 Å². The highest BCUT2D eigenvalue weighted by atomic mass is 19.1. The number of benzene rings is 1. The lowest BCUT2D eigenvalue weighted by Gasteiger charge is -2.04. The van der Waals surface area contributed by atoms with Gasteiger partial charge < -0.3 is 4.74 Å². The van der Waals surface area contributed by atoms with E-state index < -0.39 is 11.6 Å². The molecule has 0 fully saturated rings. The smallest absolute Gasteiger partial charge is 0.152 e. The molecular formula is C10H7F2NO. The zero-order valence-corrected chi connectivity index (χ0v) is 7.42. The molecule has 0 spiro atoms. The van der Waals surface area contributed by atoms with Crippen LogP contribution in [0.2, 0.25) is 0 Å². The molecular weight excluding hydrogens is 188 g/mol. The van der Waals surface area contributed by atoms with E-state index in [1.165, 1.54) is 19.4 Å². The van der Waals surface area contributed by atoms with Crippen molar-refractivity contribution < 1.29 is 13.5 Å². The van der Waals surface area contributed by atoms with E-state index in [4.69, 9.17) is 4.74 Å². The standard InChI is InChI=1S/C10H7F2NO/c1-14-9-2-3-13-10-7(9)4-6(11)5-8(10)12/h2-5H,1H3. The predicted octanol–water partition coefficient (Wildman–Crippen LogP) is 2.52. The first-order valence-corrected chi connectivity index (χ1v) is 4.00. The number of hydrogen-bond acceptors (Lipinski definition) is 2. The second-order valence-corrected chi connectivity index (χ2v) is 2.80. The molecule has 14 heavy (non-hydrogen) atoms. The number of halogens is 2. The van der Waals surface area contributed by atoms with Crippen LogP contribution in [0.4, 0.5) is 8.78 Å². The fraction of sp³-hybridized carbons (Fsp3) is 0.100. The Balaban J connectivity index is 2.86. The van der Waals surface area contributed by atoms with Gasteiger partial charge in [0.1, 0.15) is 17.1 Å². The highest BCUT2D eigenvalue weighted by molar-refractivity contribution is 5.85. The van der Waals surface area contributed by atoms with E-state index >= 15 is 0 Å². The number of hydrogen-bond donors (Lipinski definition) is 0. The minimum atomic E-state index is -0.682. The Hall–Kier alpha value is -1.71. The summed E-state index contributed by atoms with van der Waals surface area (Å²) in [5, 5.41) is 0.340. The van der Waals surface area contributed by atoms with Gasteiger partial charge in [-0.15, -0.1) is 0 Å². The van der Waals surface area contributed by atoms with Crippen LogP contribution < -0.4 is 4.74 Å². The van der Waals surface area contributed by atoms with Crippen LogP contribution in [-0.2, 0) is 0 Å². The third-order valence-corrected chi connectivity index (χ3v) is 1.94. The van der Waals surface area contributed by atoms with Gasteiger partial charge in [-0.3, -0.25) is 4.98 Å². The molecule has 0 bridgehead atoms. The molecule has 2 aromatic rings. The molecule has 72 valence electrons. The van der Waals surface area contributed by atoms with E-state index in [1.807, 2.05) is 0 Å². The Kier molecular flexibility index (Phi) is 2.04. The van der Waals surface area contributed by atoms with Crippen molar-refractivity contribution in [2.45, 2.75) is 0 Å². The van der Waals surface area contributed by atoms with Crippen molar-refractivity contribution in [2.24, 2.45) is 0 Å². The van der Waals surface area contributed by atoms with Crippen molar-refractivity contribution in [3.8, 4) is 5.75 Å². The van der Waals surface area contributed by atoms with Crippen molar-refractivity contribution in [1.29, 1.82) is 0 Å². The van der Waals surface area contributed by atoms with Gasteiger partial charge in [0.05, 0.1) is 7.11 Å². The number of pyridine rings is 1. The molecule has 0 atom stereocenters. The van der Waals surface area contributed by atoms with Crippen molar-refractivity contribution in [1.82, 2.24) is 4.98 Å². The molecule has 2 rings (SSSR count). The molecule has 1 heterocycles. The fourth-order valence-corrected chi connectivity index (χ4v) is 1.33. The summed E-state index contributed by atoms with van der Waals surface area (Å²) in [6, 6.07) is 3.56. The normalized spacial score (nSPS) is 10.5. The lowest BCUT2D eigenvalue weighted by Crippen LogP contribution is -1.91. The van der Waals surface area contributed by atoms with Gasteiger partial charge in [0.25, 0.3) is 0 Å². The van der Waals surface area contributed by atoms with Crippen molar-refractivity contribution in [3.05, 3.63) is 36.0 Å². The van der Waals surface area contributed by atoms with Gasteiger partial charge in [-0.2, -0.15) is 0 Å². The van der Waals surface area contributed by atoms with Crippen LogP contribution in [0, 0.1) is 11.6 Å². The van der Waals surface area contributed by atoms with Crippen LogP contribution in [0.1, 0.15) is 0 Å². The van der Waals surface area contributed by atoms with Gasteiger partial charge in [-0.1, -0.05) is 0 Å². The highest BCUT2D eigenvalue weighted by Gasteiger charge is 2.08. The summed E-state index contributed by atoms with van der Waals surface area (Å²) in [7, 11) is 1.44. The molecule has 0 radical (unpaired) electrons. The second-order valence-electron chi connectivity index (χ2n) is 2.80. The van der Waals surface area contributed by atoms with Gasteiger partial charge in [0, 0.05) is 17.6 Å². The van der Waals surface area contributed by atoms with Gasteiger partial charge in [0.2, 0.25) is 0 Å². The lowest BCUT2D eigenvalue weighted by molar-refractivity contribution is 0.419. The molecule has 0 aliphatic carbocycles. The zero-order valence-electron chi connectivity index (χ0n) is 7.42. The first-order chi connectivity index (χ1) is 6.72. The van der Waals surface area contributed by atoms with E-state index in [-0.39, 0.29) is 5.52 Å². The molecule has 0 aliphatic heterocycles. The number of fused-ring (bicyclic) bond motifs is 1. The first kappa shape index (κ1) is 8.87. The number of ether oxygens (including phenoxy) is 1. The van der Waals surface area contributed by atoms with Crippen molar-refractivity contribution in [3.63, 3.8) is 0 Å². The third-order valence-electron chi connectivity index (χ3n) is 1.94.